The standard InChI is InChI=1S/C72H136O6/c1-4-7-10-13-16-19-22-24-26-28-30-32-34-35-36-37-39-40-42-44-46-48-50-53-56-59-62-65-71(74)77-68-69(67-76-70(73)64-61-58-55-52-21-18-15-12-9-6-3)78-72(75)66-63-60-57-54-51-49-47-45-43-41-38-33-31-29-27-25-23-20-17-14-11-8-5-2/h12,15,28,30,69H,4-11,13-14,16-27,29,31-68H2,1-3H3/b15-12-,30-28-. The second-order valence-electron chi connectivity index (χ2n) is 24.1. The van der Waals surface area contributed by atoms with Gasteiger partial charge < -0.3 is 14.2 Å². The molecule has 6 heteroatoms. The molecule has 0 amide bonds. The third-order valence-electron chi connectivity index (χ3n) is 16.2. The van der Waals surface area contributed by atoms with Crippen LogP contribution in [0.2, 0.25) is 0 Å². The van der Waals surface area contributed by atoms with Crippen LogP contribution in [0.25, 0.3) is 0 Å². The molecule has 1 unspecified atom stereocenters. The van der Waals surface area contributed by atoms with Crippen molar-refractivity contribution in [2.24, 2.45) is 0 Å². The van der Waals surface area contributed by atoms with E-state index in [0.717, 1.165) is 70.6 Å². The third-order valence-corrected chi connectivity index (χ3v) is 16.2. The first-order valence-electron chi connectivity index (χ1n) is 35.3. The van der Waals surface area contributed by atoms with E-state index in [4.69, 9.17) is 14.2 Å². The predicted molar refractivity (Wildman–Crippen MR) is 340 cm³/mol. The van der Waals surface area contributed by atoms with E-state index in [-0.39, 0.29) is 31.1 Å². The number of unbranched alkanes of at least 4 members (excludes halogenated alkanes) is 51. The fourth-order valence-corrected chi connectivity index (χ4v) is 10.9. The summed E-state index contributed by atoms with van der Waals surface area (Å²) in [5, 5.41) is 0. The van der Waals surface area contributed by atoms with Gasteiger partial charge in [0.1, 0.15) is 13.2 Å². The molecule has 78 heavy (non-hydrogen) atoms. The number of allylic oxidation sites excluding steroid dienone is 4. The van der Waals surface area contributed by atoms with Gasteiger partial charge in [-0.1, -0.05) is 340 Å². The summed E-state index contributed by atoms with van der Waals surface area (Å²) in [6.07, 6.45) is 82.3. The SMILES string of the molecule is CCC/C=C\CCCCCCCC(=O)OCC(COC(=O)CCCCCCCCCCCCCCCCC/C=C\CCCCCCCCCC)OC(=O)CCCCCCCCCCCCCCCCCCCCCCCCC. The Labute approximate surface area is 487 Å². The van der Waals surface area contributed by atoms with Crippen LogP contribution < -0.4 is 0 Å². The second-order valence-corrected chi connectivity index (χ2v) is 24.1. The van der Waals surface area contributed by atoms with Crippen molar-refractivity contribution < 1.29 is 28.6 Å². The average molecular weight is 1100 g/mol. The van der Waals surface area contributed by atoms with Crippen molar-refractivity contribution in [3.63, 3.8) is 0 Å². The number of hydrogen-bond acceptors (Lipinski definition) is 6. The zero-order valence-electron chi connectivity index (χ0n) is 53.0. The van der Waals surface area contributed by atoms with Gasteiger partial charge in [-0.15, -0.1) is 0 Å². The van der Waals surface area contributed by atoms with Gasteiger partial charge in [0.2, 0.25) is 0 Å². The van der Waals surface area contributed by atoms with Gasteiger partial charge in [-0.05, 0) is 64.2 Å². The molecule has 0 aliphatic rings. The number of carbonyl (C=O) groups is 3. The summed E-state index contributed by atoms with van der Waals surface area (Å²) in [6.45, 7) is 6.65. The van der Waals surface area contributed by atoms with E-state index in [9.17, 15) is 14.4 Å². The molecule has 460 valence electrons. The van der Waals surface area contributed by atoms with Crippen LogP contribution in [0.5, 0.6) is 0 Å². The lowest BCUT2D eigenvalue weighted by Gasteiger charge is -2.18. The summed E-state index contributed by atoms with van der Waals surface area (Å²) < 4.78 is 16.9. The topological polar surface area (TPSA) is 78.9 Å². The van der Waals surface area contributed by atoms with Crippen molar-refractivity contribution in [2.45, 2.75) is 406 Å². The molecule has 0 aromatic carbocycles. The molecule has 0 aliphatic carbocycles. The normalized spacial score (nSPS) is 12.1. The Kier molecular flexibility index (Phi) is 65.6. The van der Waals surface area contributed by atoms with Crippen LogP contribution in [0.3, 0.4) is 0 Å². The molecule has 0 saturated heterocycles. The van der Waals surface area contributed by atoms with E-state index in [0.29, 0.717) is 19.3 Å². The summed E-state index contributed by atoms with van der Waals surface area (Å²) >= 11 is 0. The molecule has 0 bridgehead atoms. The Morgan fingerprint density at radius 2 is 0.449 bits per heavy atom. The van der Waals surface area contributed by atoms with E-state index >= 15 is 0 Å². The first-order chi connectivity index (χ1) is 38.5. The maximum atomic E-state index is 12.9. The molecule has 0 N–H and O–H groups in total. The molecule has 6 nitrogen and oxygen atoms in total. The quantitative estimate of drug-likeness (QED) is 0.0261. The smallest absolute Gasteiger partial charge is 0.306 e. The molecular formula is C72H136O6. The van der Waals surface area contributed by atoms with E-state index < -0.39 is 6.10 Å². The van der Waals surface area contributed by atoms with Gasteiger partial charge in [-0.3, -0.25) is 14.4 Å². The molecule has 0 radical (unpaired) electrons. The Morgan fingerprint density at radius 3 is 0.692 bits per heavy atom. The molecule has 0 fully saturated rings. The maximum absolute atomic E-state index is 12.9. The zero-order chi connectivity index (χ0) is 56.4. The first kappa shape index (κ1) is 75.9. The zero-order valence-corrected chi connectivity index (χ0v) is 53.0. The predicted octanol–water partition coefficient (Wildman–Crippen LogP) is 24.2. The summed E-state index contributed by atoms with van der Waals surface area (Å²) in [5.74, 6) is -0.850. The van der Waals surface area contributed by atoms with Gasteiger partial charge in [-0.25, -0.2) is 0 Å². The lowest BCUT2D eigenvalue weighted by atomic mass is 10.0. The fraction of sp³-hybridized carbons (Fsp3) is 0.903. The number of esters is 3. The third kappa shape index (κ3) is 64.7. The lowest BCUT2D eigenvalue weighted by molar-refractivity contribution is -0.167. The van der Waals surface area contributed by atoms with E-state index in [2.05, 4.69) is 45.1 Å². The van der Waals surface area contributed by atoms with Gasteiger partial charge in [0.05, 0.1) is 0 Å². The van der Waals surface area contributed by atoms with E-state index in [1.165, 1.54) is 289 Å². The van der Waals surface area contributed by atoms with E-state index in [1.807, 2.05) is 0 Å². The highest BCUT2D eigenvalue weighted by Gasteiger charge is 2.19. The second kappa shape index (κ2) is 67.4. The Morgan fingerprint density at radius 1 is 0.244 bits per heavy atom. The molecule has 0 aromatic heterocycles. The van der Waals surface area contributed by atoms with Crippen LogP contribution in [-0.4, -0.2) is 37.2 Å². The van der Waals surface area contributed by atoms with Crippen molar-refractivity contribution in [3.8, 4) is 0 Å². The molecular weight excluding hydrogens is 961 g/mol. The molecule has 0 rings (SSSR count). The van der Waals surface area contributed by atoms with Gasteiger partial charge in [-0.2, -0.15) is 0 Å². The van der Waals surface area contributed by atoms with Gasteiger partial charge in [0, 0.05) is 19.3 Å². The molecule has 0 aliphatic heterocycles. The van der Waals surface area contributed by atoms with Crippen molar-refractivity contribution in [2.75, 3.05) is 13.2 Å². The van der Waals surface area contributed by atoms with Crippen molar-refractivity contribution in [3.05, 3.63) is 24.3 Å². The molecule has 0 heterocycles. The molecule has 0 spiro atoms. The van der Waals surface area contributed by atoms with Gasteiger partial charge in [0.25, 0.3) is 0 Å². The minimum Gasteiger partial charge on any atom is -0.462 e. The van der Waals surface area contributed by atoms with Crippen LogP contribution in [0, 0.1) is 0 Å². The summed E-state index contributed by atoms with van der Waals surface area (Å²) in [6, 6.07) is 0. The molecule has 0 aromatic rings. The molecule has 1 atom stereocenters. The van der Waals surface area contributed by atoms with Gasteiger partial charge in [0.15, 0.2) is 6.10 Å². The highest BCUT2D eigenvalue weighted by atomic mass is 16.6. The Hall–Kier alpha value is -2.11. The largest absolute Gasteiger partial charge is 0.462 e. The van der Waals surface area contributed by atoms with Crippen LogP contribution in [0.1, 0.15) is 400 Å². The van der Waals surface area contributed by atoms with Gasteiger partial charge >= 0.3 is 17.9 Å². The maximum Gasteiger partial charge on any atom is 0.306 e. The number of ether oxygens (including phenoxy) is 3. The Balaban J connectivity index is 4.12. The number of rotatable bonds is 66. The van der Waals surface area contributed by atoms with Crippen LogP contribution in [0.4, 0.5) is 0 Å². The lowest BCUT2D eigenvalue weighted by Crippen LogP contribution is -2.30. The minimum absolute atomic E-state index is 0.0682. The van der Waals surface area contributed by atoms with E-state index in [1.54, 1.807) is 0 Å². The fourth-order valence-electron chi connectivity index (χ4n) is 10.9. The number of hydrogen-bond donors (Lipinski definition) is 0. The monoisotopic (exact) mass is 1100 g/mol. The van der Waals surface area contributed by atoms with Crippen LogP contribution in [0.15, 0.2) is 24.3 Å². The highest BCUT2D eigenvalue weighted by Crippen LogP contribution is 2.19. The first-order valence-corrected chi connectivity index (χ1v) is 35.3. The minimum atomic E-state index is -0.771. The van der Waals surface area contributed by atoms with Crippen LogP contribution >= 0.6 is 0 Å². The van der Waals surface area contributed by atoms with Crippen molar-refractivity contribution in [1.29, 1.82) is 0 Å². The van der Waals surface area contributed by atoms with Crippen LogP contribution in [-0.2, 0) is 28.6 Å². The molecule has 0 saturated carbocycles. The summed E-state index contributed by atoms with van der Waals surface area (Å²) in [4.78, 5) is 38.3. The highest BCUT2D eigenvalue weighted by molar-refractivity contribution is 5.71. The van der Waals surface area contributed by atoms with Crippen molar-refractivity contribution in [1.82, 2.24) is 0 Å². The van der Waals surface area contributed by atoms with Crippen molar-refractivity contribution >= 4 is 17.9 Å². The summed E-state index contributed by atoms with van der Waals surface area (Å²) in [5.41, 5.74) is 0. The Bertz CT molecular complexity index is 1260. The summed E-state index contributed by atoms with van der Waals surface area (Å²) in [7, 11) is 0. The average Bonchev–Trinajstić information content (AvgIpc) is 3.44. The number of carbonyl (C=O) groups excluding carboxylic acids is 3.